The highest BCUT2D eigenvalue weighted by atomic mass is 35.5. The number of alkyl halides is 1. The molecule has 0 spiro atoms. The number of hydrogen-bond acceptors (Lipinski definition) is 1. The van der Waals surface area contributed by atoms with Gasteiger partial charge in [-0.25, -0.2) is 0 Å². The highest BCUT2D eigenvalue weighted by Gasteiger charge is 2.26. The molecule has 0 amide bonds. The van der Waals surface area contributed by atoms with E-state index in [0.29, 0.717) is 11.3 Å². The van der Waals surface area contributed by atoms with Gasteiger partial charge in [-0.2, -0.15) is 11.8 Å². The molecule has 0 aromatic carbocycles. The topological polar surface area (TPSA) is 0 Å². The first-order valence-corrected chi connectivity index (χ1v) is 6.89. The van der Waals surface area contributed by atoms with Crippen molar-refractivity contribution < 1.29 is 0 Å². The minimum Gasteiger partial charge on any atom is -0.162 e. The van der Waals surface area contributed by atoms with Gasteiger partial charge in [-0.1, -0.05) is 27.7 Å². The molecule has 0 aromatic heterocycles. The van der Waals surface area contributed by atoms with Gasteiger partial charge >= 0.3 is 0 Å². The van der Waals surface area contributed by atoms with Crippen LogP contribution >= 0.6 is 23.4 Å². The van der Waals surface area contributed by atoms with E-state index in [9.17, 15) is 0 Å². The van der Waals surface area contributed by atoms with E-state index in [4.69, 9.17) is 11.6 Å². The predicted octanol–water partition coefficient (Wildman–Crippen LogP) is 4.42. The monoisotopic (exact) mass is 222 g/mol. The zero-order valence-corrected chi connectivity index (χ0v) is 11.0. The summed E-state index contributed by atoms with van der Waals surface area (Å²) in [5, 5.41) is 0. The minimum atomic E-state index is 0.343. The van der Waals surface area contributed by atoms with Crippen LogP contribution in [0.2, 0.25) is 0 Å². The van der Waals surface area contributed by atoms with E-state index in [-0.39, 0.29) is 0 Å². The molecule has 2 heteroatoms. The van der Waals surface area contributed by atoms with Crippen molar-refractivity contribution in [3.63, 3.8) is 0 Å². The number of hydrogen-bond donors (Lipinski definition) is 0. The van der Waals surface area contributed by atoms with E-state index in [1.54, 1.807) is 0 Å². The smallest absolute Gasteiger partial charge is 0.0279 e. The molecule has 0 nitrogen and oxygen atoms in total. The first-order chi connectivity index (χ1) is 6.06. The highest BCUT2D eigenvalue weighted by Crippen LogP contribution is 2.33. The molecule has 0 fully saturated rings. The van der Waals surface area contributed by atoms with Gasteiger partial charge in [0.15, 0.2) is 0 Å². The molecule has 0 heterocycles. The summed E-state index contributed by atoms with van der Waals surface area (Å²) in [6.07, 6.45) is 2.57. The lowest BCUT2D eigenvalue weighted by molar-refractivity contribution is 0.233. The summed E-state index contributed by atoms with van der Waals surface area (Å²) in [4.78, 5) is 0. The molecule has 0 saturated heterocycles. The zero-order valence-electron chi connectivity index (χ0n) is 9.40. The Balaban J connectivity index is 3.71. The number of thioether (sulfide) groups is 1. The Morgan fingerprint density at radius 2 is 2.00 bits per heavy atom. The Kier molecular flexibility index (Phi) is 7.35. The third-order valence-corrected chi connectivity index (χ3v) is 4.54. The SMILES string of the molecule is CCSCCCC(C)(CCl)C(C)C. The Hall–Kier alpha value is 0.640. The van der Waals surface area contributed by atoms with Gasteiger partial charge < -0.3 is 0 Å². The van der Waals surface area contributed by atoms with Gasteiger partial charge in [-0.15, -0.1) is 11.6 Å². The van der Waals surface area contributed by atoms with Crippen molar-refractivity contribution in [2.24, 2.45) is 11.3 Å². The Labute approximate surface area is 92.8 Å². The molecule has 13 heavy (non-hydrogen) atoms. The van der Waals surface area contributed by atoms with E-state index in [2.05, 4.69) is 27.7 Å². The number of rotatable bonds is 7. The molecule has 0 N–H and O–H groups in total. The average Bonchev–Trinajstić information content (AvgIpc) is 2.12. The number of halogens is 1. The molecule has 0 aliphatic carbocycles. The minimum absolute atomic E-state index is 0.343. The van der Waals surface area contributed by atoms with Crippen molar-refractivity contribution in [1.29, 1.82) is 0 Å². The summed E-state index contributed by atoms with van der Waals surface area (Å²) in [6.45, 7) is 9.07. The van der Waals surface area contributed by atoms with E-state index >= 15 is 0 Å². The third kappa shape index (κ3) is 5.17. The van der Waals surface area contributed by atoms with Crippen molar-refractivity contribution in [2.45, 2.75) is 40.5 Å². The van der Waals surface area contributed by atoms with Crippen molar-refractivity contribution in [3.8, 4) is 0 Å². The maximum Gasteiger partial charge on any atom is 0.0279 e. The van der Waals surface area contributed by atoms with Crippen LogP contribution in [0.15, 0.2) is 0 Å². The quantitative estimate of drug-likeness (QED) is 0.454. The fourth-order valence-corrected chi connectivity index (χ4v) is 2.31. The van der Waals surface area contributed by atoms with Crippen molar-refractivity contribution in [3.05, 3.63) is 0 Å². The van der Waals surface area contributed by atoms with Crippen molar-refractivity contribution >= 4 is 23.4 Å². The molecule has 80 valence electrons. The standard InChI is InChI=1S/C11H23ClS/c1-5-13-8-6-7-11(4,9-12)10(2)3/h10H,5-9H2,1-4H3. The van der Waals surface area contributed by atoms with E-state index in [0.717, 1.165) is 5.88 Å². The van der Waals surface area contributed by atoms with Gasteiger partial charge in [0.05, 0.1) is 0 Å². The summed E-state index contributed by atoms with van der Waals surface area (Å²) in [7, 11) is 0. The van der Waals surface area contributed by atoms with Gasteiger partial charge in [-0.3, -0.25) is 0 Å². The molecule has 0 aliphatic rings. The fraction of sp³-hybridized carbons (Fsp3) is 1.00. The maximum atomic E-state index is 6.01. The average molecular weight is 223 g/mol. The second-order valence-corrected chi connectivity index (χ2v) is 5.90. The second-order valence-electron chi connectivity index (χ2n) is 4.24. The Morgan fingerprint density at radius 1 is 1.38 bits per heavy atom. The summed E-state index contributed by atoms with van der Waals surface area (Å²) >= 11 is 8.04. The lowest BCUT2D eigenvalue weighted by Crippen LogP contribution is -2.25. The lowest BCUT2D eigenvalue weighted by atomic mass is 9.77. The van der Waals surface area contributed by atoms with Gasteiger partial charge in [0.2, 0.25) is 0 Å². The molecule has 0 saturated carbocycles. The van der Waals surface area contributed by atoms with Crippen LogP contribution in [0.25, 0.3) is 0 Å². The van der Waals surface area contributed by atoms with Gasteiger partial charge in [-0.05, 0) is 35.7 Å². The first-order valence-electron chi connectivity index (χ1n) is 5.20. The molecular weight excluding hydrogens is 200 g/mol. The Morgan fingerprint density at radius 3 is 2.38 bits per heavy atom. The zero-order chi connectivity index (χ0) is 10.3. The van der Waals surface area contributed by atoms with Crippen LogP contribution in [0.4, 0.5) is 0 Å². The van der Waals surface area contributed by atoms with Crippen LogP contribution in [-0.4, -0.2) is 17.4 Å². The molecule has 0 aliphatic heterocycles. The largest absolute Gasteiger partial charge is 0.162 e. The van der Waals surface area contributed by atoms with Crippen LogP contribution in [0.5, 0.6) is 0 Å². The molecule has 1 unspecified atom stereocenters. The summed E-state index contributed by atoms with van der Waals surface area (Å²) < 4.78 is 0. The van der Waals surface area contributed by atoms with Crippen LogP contribution in [0.3, 0.4) is 0 Å². The van der Waals surface area contributed by atoms with E-state index in [1.165, 1.54) is 24.3 Å². The molecule has 0 rings (SSSR count). The second kappa shape index (κ2) is 7.00. The van der Waals surface area contributed by atoms with Crippen LogP contribution in [-0.2, 0) is 0 Å². The summed E-state index contributed by atoms with van der Waals surface area (Å²) in [5.41, 5.74) is 0.343. The van der Waals surface area contributed by atoms with Crippen LogP contribution in [0.1, 0.15) is 40.5 Å². The molecule has 1 atom stereocenters. The lowest BCUT2D eigenvalue weighted by Gasteiger charge is -2.31. The maximum absolute atomic E-state index is 6.01. The molecule has 0 radical (unpaired) electrons. The van der Waals surface area contributed by atoms with Crippen molar-refractivity contribution in [2.75, 3.05) is 17.4 Å². The molecule has 0 bridgehead atoms. The van der Waals surface area contributed by atoms with Crippen LogP contribution < -0.4 is 0 Å². The predicted molar refractivity (Wildman–Crippen MR) is 65.9 cm³/mol. The third-order valence-electron chi connectivity index (χ3n) is 2.94. The molecular formula is C11H23ClS. The van der Waals surface area contributed by atoms with Crippen LogP contribution in [0, 0.1) is 11.3 Å². The van der Waals surface area contributed by atoms with Crippen molar-refractivity contribution in [1.82, 2.24) is 0 Å². The molecule has 0 aromatic rings. The van der Waals surface area contributed by atoms with Gasteiger partial charge in [0.25, 0.3) is 0 Å². The normalized spacial score (nSPS) is 16.2. The first kappa shape index (κ1) is 13.6. The van der Waals surface area contributed by atoms with E-state index < -0.39 is 0 Å². The van der Waals surface area contributed by atoms with Gasteiger partial charge in [0, 0.05) is 5.88 Å². The van der Waals surface area contributed by atoms with Gasteiger partial charge in [0.1, 0.15) is 0 Å². The highest BCUT2D eigenvalue weighted by molar-refractivity contribution is 7.99. The summed E-state index contributed by atoms with van der Waals surface area (Å²) in [6, 6.07) is 0. The fourth-order valence-electron chi connectivity index (χ4n) is 1.23. The van der Waals surface area contributed by atoms with E-state index in [1.807, 2.05) is 11.8 Å². The summed E-state index contributed by atoms with van der Waals surface area (Å²) in [5.74, 6) is 4.01. The Bertz CT molecular complexity index is 125.